The van der Waals surface area contributed by atoms with Gasteiger partial charge in [0, 0.05) is 35.9 Å². The number of carbonyl (C=O) groups excluding carboxylic acids is 2. The van der Waals surface area contributed by atoms with E-state index in [-0.39, 0.29) is 11.6 Å². The summed E-state index contributed by atoms with van der Waals surface area (Å²) in [6.07, 6.45) is 4.08. The number of carbonyl (C=O) groups is 2. The van der Waals surface area contributed by atoms with E-state index in [9.17, 15) is 14.5 Å². The van der Waals surface area contributed by atoms with Gasteiger partial charge in [-0.05, 0) is 12.5 Å². The second-order valence-corrected chi connectivity index (χ2v) is 4.33. The van der Waals surface area contributed by atoms with E-state index in [0.29, 0.717) is 21.6 Å². The van der Waals surface area contributed by atoms with Crippen molar-refractivity contribution in [1.29, 1.82) is 0 Å². The molecule has 0 N–H and O–H groups in total. The van der Waals surface area contributed by atoms with Crippen LogP contribution in [0.1, 0.15) is 6.92 Å². The molecule has 1 aliphatic heterocycles. The standard InChI is InChI=1S/C12H13N2O3/c1-7-4-5-14(17)11-9(15)6-8(13(2)3)12(16)10(7)11/h4-6,11H,1-3H3/q+1. The topological polar surface area (TPSA) is 57.5 Å². The Kier molecular flexibility index (Phi) is 2.53. The second kappa shape index (κ2) is 3.76. The first-order valence-corrected chi connectivity index (χ1v) is 5.25. The van der Waals surface area contributed by atoms with E-state index in [2.05, 4.69) is 0 Å². The van der Waals surface area contributed by atoms with Crippen LogP contribution < -0.4 is 0 Å². The zero-order valence-electron chi connectivity index (χ0n) is 9.93. The fourth-order valence-corrected chi connectivity index (χ4v) is 2.02. The van der Waals surface area contributed by atoms with Crippen molar-refractivity contribution in [2.75, 3.05) is 14.1 Å². The molecule has 2 aliphatic rings. The quantitative estimate of drug-likeness (QED) is 0.621. The Labute approximate surface area is 98.7 Å². The highest BCUT2D eigenvalue weighted by molar-refractivity contribution is 6.20. The highest BCUT2D eigenvalue weighted by atomic mass is 16.3. The minimum atomic E-state index is -1.00. The van der Waals surface area contributed by atoms with Crippen molar-refractivity contribution in [1.82, 2.24) is 4.90 Å². The molecule has 0 spiro atoms. The maximum Gasteiger partial charge on any atom is 0.297 e. The SMILES string of the molecule is CC1=C2C(=O)C(N(C)C)=CC(=O)C2[N+](=O)C=C1. The monoisotopic (exact) mass is 233 g/mol. The Balaban J connectivity index is 2.62. The van der Waals surface area contributed by atoms with Gasteiger partial charge in [0.05, 0.1) is 11.3 Å². The number of fused-ring (bicyclic) bond motifs is 1. The number of Topliss-reactive ketones (excluding diaryl/α,β-unsaturated/α-hetero) is 1. The van der Waals surface area contributed by atoms with Crippen LogP contribution in [0.4, 0.5) is 0 Å². The fourth-order valence-electron chi connectivity index (χ4n) is 2.02. The summed E-state index contributed by atoms with van der Waals surface area (Å²) in [5, 5.41) is 0. The Bertz CT molecular complexity index is 524. The van der Waals surface area contributed by atoms with Crippen molar-refractivity contribution < 1.29 is 14.3 Å². The van der Waals surface area contributed by atoms with Crippen LogP contribution in [-0.4, -0.2) is 41.4 Å². The zero-order valence-corrected chi connectivity index (χ0v) is 9.93. The Morgan fingerprint density at radius 3 is 2.53 bits per heavy atom. The van der Waals surface area contributed by atoms with Crippen molar-refractivity contribution in [3.05, 3.63) is 40.1 Å². The molecule has 1 atom stereocenters. The van der Waals surface area contributed by atoms with Crippen LogP contribution in [0.2, 0.25) is 0 Å². The first kappa shape index (κ1) is 11.4. The van der Waals surface area contributed by atoms with E-state index in [1.165, 1.54) is 12.3 Å². The largest absolute Gasteiger partial charge is 0.374 e. The summed E-state index contributed by atoms with van der Waals surface area (Å²) >= 11 is 0. The number of nitrogens with zero attached hydrogens (tertiary/aromatic N) is 2. The minimum absolute atomic E-state index is 0.248. The first-order chi connectivity index (χ1) is 7.93. The number of rotatable bonds is 1. The van der Waals surface area contributed by atoms with Crippen molar-refractivity contribution in [2.24, 2.45) is 0 Å². The number of likely N-dealkylation sites (N-methyl/N-ethyl adjacent to an activating group) is 1. The molecule has 0 aromatic heterocycles. The van der Waals surface area contributed by atoms with E-state index in [1.54, 1.807) is 32.0 Å². The lowest BCUT2D eigenvalue weighted by atomic mass is 9.85. The molecule has 1 aliphatic carbocycles. The molecule has 0 amide bonds. The summed E-state index contributed by atoms with van der Waals surface area (Å²) < 4.78 is 0.533. The molecule has 0 aromatic carbocycles. The number of hydrogen-bond acceptors (Lipinski definition) is 4. The number of allylic oxidation sites excluding steroid dienone is 3. The van der Waals surface area contributed by atoms with Crippen LogP contribution in [0, 0.1) is 4.91 Å². The van der Waals surface area contributed by atoms with Crippen LogP contribution >= 0.6 is 0 Å². The van der Waals surface area contributed by atoms with Gasteiger partial charge in [-0.1, -0.05) is 0 Å². The van der Waals surface area contributed by atoms with Crippen molar-refractivity contribution >= 4 is 11.6 Å². The van der Waals surface area contributed by atoms with Gasteiger partial charge in [0.2, 0.25) is 17.8 Å². The summed E-state index contributed by atoms with van der Waals surface area (Å²) in [6.45, 7) is 1.73. The number of nitroso groups, excluding NO2 is 1. The second-order valence-electron chi connectivity index (χ2n) is 4.33. The molecule has 0 bridgehead atoms. The lowest BCUT2D eigenvalue weighted by molar-refractivity contribution is -0.497. The minimum Gasteiger partial charge on any atom is -0.374 e. The van der Waals surface area contributed by atoms with Crippen LogP contribution in [0.3, 0.4) is 0 Å². The summed E-state index contributed by atoms with van der Waals surface area (Å²) in [6, 6.07) is -1.00. The maximum absolute atomic E-state index is 12.2. The van der Waals surface area contributed by atoms with E-state index >= 15 is 0 Å². The van der Waals surface area contributed by atoms with Gasteiger partial charge in [-0.3, -0.25) is 9.59 Å². The van der Waals surface area contributed by atoms with Gasteiger partial charge in [0.25, 0.3) is 6.04 Å². The molecule has 0 aromatic rings. The van der Waals surface area contributed by atoms with Gasteiger partial charge < -0.3 is 4.90 Å². The predicted octanol–water partition coefficient (Wildman–Crippen LogP) is 0.575. The van der Waals surface area contributed by atoms with Crippen LogP contribution in [0.25, 0.3) is 0 Å². The predicted molar refractivity (Wildman–Crippen MR) is 61.0 cm³/mol. The lowest BCUT2D eigenvalue weighted by Gasteiger charge is -2.24. The summed E-state index contributed by atoms with van der Waals surface area (Å²) in [4.78, 5) is 37.2. The van der Waals surface area contributed by atoms with Gasteiger partial charge in [-0.25, -0.2) is 0 Å². The third-order valence-electron chi connectivity index (χ3n) is 2.93. The molecular formula is C12H13N2O3+. The van der Waals surface area contributed by atoms with Crippen molar-refractivity contribution in [2.45, 2.75) is 13.0 Å². The molecule has 0 saturated heterocycles. The van der Waals surface area contributed by atoms with Crippen molar-refractivity contribution in [3.63, 3.8) is 0 Å². The normalized spacial score (nSPS) is 23.8. The highest BCUT2D eigenvalue weighted by Crippen LogP contribution is 2.27. The van der Waals surface area contributed by atoms with Crippen LogP contribution in [-0.2, 0) is 9.59 Å². The maximum atomic E-state index is 12.2. The average molecular weight is 233 g/mol. The summed E-state index contributed by atoms with van der Waals surface area (Å²) in [7, 11) is 3.39. The molecule has 17 heavy (non-hydrogen) atoms. The molecule has 1 heterocycles. The van der Waals surface area contributed by atoms with E-state index in [4.69, 9.17) is 0 Å². The fraction of sp³-hybridized carbons (Fsp3) is 0.333. The van der Waals surface area contributed by atoms with Gasteiger partial charge >= 0.3 is 0 Å². The molecule has 5 nitrogen and oxygen atoms in total. The highest BCUT2D eigenvalue weighted by Gasteiger charge is 2.46. The third kappa shape index (κ3) is 1.63. The molecule has 0 fully saturated rings. The molecular weight excluding hydrogens is 220 g/mol. The molecule has 2 rings (SSSR count). The summed E-state index contributed by atoms with van der Waals surface area (Å²) in [5.74, 6) is -0.593. The number of ketones is 2. The van der Waals surface area contributed by atoms with E-state index in [1.807, 2.05) is 0 Å². The van der Waals surface area contributed by atoms with Crippen LogP contribution in [0.5, 0.6) is 0 Å². The zero-order chi connectivity index (χ0) is 12.7. The van der Waals surface area contributed by atoms with Gasteiger partial charge in [-0.2, -0.15) is 0 Å². The Hall–Kier alpha value is -2.04. The smallest absolute Gasteiger partial charge is 0.297 e. The van der Waals surface area contributed by atoms with E-state index in [0.717, 1.165) is 0 Å². The van der Waals surface area contributed by atoms with Gasteiger partial charge in [-0.15, -0.1) is 0 Å². The van der Waals surface area contributed by atoms with E-state index < -0.39 is 6.04 Å². The number of hydrogen-bond donors (Lipinski definition) is 0. The molecule has 1 unspecified atom stereocenters. The lowest BCUT2D eigenvalue weighted by Crippen LogP contribution is -2.42. The van der Waals surface area contributed by atoms with Gasteiger partial charge in [0.15, 0.2) is 0 Å². The summed E-state index contributed by atoms with van der Waals surface area (Å²) in [5.41, 5.74) is 1.29. The molecule has 88 valence electrons. The Morgan fingerprint density at radius 1 is 1.29 bits per heavy atom. The Morgan fingerprint density at radius 2 is 1.94 bits per heavy atom. The molecule has 5 heteroatoms. The molecule has 0 saturated carbocycles. The third-order valence-corrected chi connectivity index (χ3v) is 2.93. The van der Waals surface area contributed by atoms with Crippen molar-refractivity contribution in [3.8, 4) is 0 Å². The first-order valence-electron chi connectivity index (χ1n) is 5.25. The van der Waals surface area contributed by atoms with Gasteiger partial charge in [0.1, 0.15) is 0 Å². The molecule has 0 radical (unpaired) electrons. The van der Waals surface area contributed by atoms with Crippen LogP contribution in [0.15, 0.2) is 35.2 Å². The average Bonchev–Trinajstić information content (AvgIpc) is 2.26.